The van der Waals surface area contributed by atoms with Crippen molar-refractivity contribution in [3.05, 3.63) is 47.2 Å². The van der Waals surface area contributed by atoms with Gasteiger partial charge in [-0.15, -0.1) is 0 Å². The van der Waals surface area contributed by atoms with Gasteiger partial charge in [0.15, 0.2) is 11.5 Å². The normalized spacial score (nSPS) is 21.7. The maximum atomic E-state index is 12.6. The molecule has 0 radical (unpaired) electrons. The van der Waals surface area contributed by atoms with Crippen LogP contribution in [-0.2, 0) is 23.8 Å². The van der Waals surface area contributed by atoms with Gasteiger partial charge in [-0.1, -0.05) is 19.9 Å². The summed E-state index contributed by atoms with van der Waals surface area (Å²) in [5.41, 5.74) is 0.602. The zero-order valence-electron chi connectivity index (χ0n) is 18.5. The van der Waals surface area contributed by atoms with Gasteiger partial charge in [-0.3, -0.25) is 9.79 Å². The molecule has 164 valence electrons. The molecule has 0 bridgehead atoms. The van der Waals surface area contributed by atoms with Crippen LogP contribution in [0, 0.1) is 11.8 Å². The Kier molecular flexibility index (Phi) is 9.09. The minimum atomic E-state index is -0.563. The summed E-state index contributed by atoms with van der Waals surface area (Å²) in [6.07, 6.45) is 9.49. The van der Waals surface area contributed by atoms with Gasteiger partial charge in [0.05, 0.1) is 19.3 Å². The number of allylic oxidation sites excluding steroid dienone is 4. The van der Waals surface area contributed by atoms with E-state index in [2.05, 4.69) is 18.5 Å². The second-order valence-corrected chi connectivity index (χ2v) is 7.82. The number of aliphatic imine (C=N–C) groups is 1. The topological polar surface area (TPSA) is 74.2 Å². The van der Waals surface area contributed by atoms with Gasteiger partial charge in [0.25, 0.3) is 0 Å². The minimum Gasteiger partial charge on any atom is -0.497 e. The molecule has 0 aromatic rings. The highest BCUT2D eigenvalue weighted by Crippen LogP contribution is 2.35. The highest BCUT2D eigenvalue weighted by atomic mass is 16.5. The molecule has 0 amide bonds. The third kappa shape index (κ3) is 6.71. The molecule has 30 heavy (non-hydrogen) atoms. The number of hydrogen-bond donors (Lipinski definition) is 0. The van der Waals surface area contributed by atoms with Crippen molar-refractivity contribution < 1.29 is 23.8 Å². The summed E-state index contributed by atoms with van der Waals surface area (Å²) in [5.74, 6) is 1.69. The highest BCUT2D eigenvalue weighted by Gasteiger charge is 2.28. The predicted molar refractivity (Wildman–Crippen MR) is 117 cm³/mol. The van der Waals surface area contributed by atoms with Crippen LogP contribution in [0.25, 0.3) is 0 Å². The second-order valence-electron chi connectivity index (χ2n) is 7.82. The van der Waals surface area contributed by atoms with E-state index in [1.807, 2.05) is 6.21 Å². The molecule has 2 atom stereocenters. The molecule has 0 fully saturated rings. The Balaban J connectivity index is 2.16. The number of methoxy groups -OCH3 is 1. The first-order valence-corrected chi connectivity index (χ1v) is 10.6. The van der Waals surface area contributed by atoms with Gasteiger partial charge in [0.2, 0.25) is 0 Å². The average molecular weight is 416 g/mol. The molecule has 2 aliphatic rings. The largest absolute Gasteiger partial charge is 0.497 e. The summed E-state index contributed by atoms with van der Waals surface area (Å²) in [6.45, 7) is 10.3. The molecule has 0 N–H and O–H groups in total. The molecule has 6 nitrogen and oxygen atoms in total. The number of carbonyl (C=O) groups is 2. The number of ketones is 1. The molecule has 0 spiro atoms. The highest BCUT2D eigenvalue weighted by molar-refractivity contribution is 5.98. The Labute approximate surface area is 179 Å². The Morgan fingerprint density at radius 3 is 2.70 bits per heavy atom. The fraction of sp³-hybridized carbons (Fsp3) is 0.542. The van der Waals surface area contributed by atoms with Gasteiger partial charge in [0.1, 0.15) is 11.5 Å². The fourth-order valence-electron chi connectivity index (χ4n) is 3.41. The van der Waals surface area contributed by atoms with E-state index in [1.165, 1.54) is 13.0 Å². The fourth-order valence-corrected chi connectivity index (χ4v) is 3.41. The van der Waals surface area contributed by atoms with E-state index >= 15 is 0 Å². The van der Waals surface area contributed by atoms with Crippen LogP contribution in [0.3, 0.4) is 0 Å². The van der Waals surface area contributed by atoms with Crippen molar-refractivity contribution in [1.82, 2.24) is 0 Å². The number of nitrogens with zero attached hydrogens (tertiary/aromatic N) is 1. The van der Waals surface area contributed by atoms with Crippen LogP contribution in [0.15, 0.2) is 52.1 Å². The number of Topliss-reactive ketones (excluding diaryl/α,β-unsaturated/α-hetero) is 1. The van der Waals surface area contributed by atoms with Gasteiger partial charge in [0, 0.05) is 25.0 Å². The lowest BCUT2D eigenvalue weighted by Crippen LogP contribution is -2.21. The van der Waals surface area contributed by atoms with Crippen LogP contribution in [0.2, 0.25) is 0 Å². The summed E-state index contributed by atoms with van der Waals surface area (Å²) in [6, 6.07) is 0. The maximum absolute atomic E-state index is 12.6. The van der Waals surface area contributed by atoms with Crippen molar-refractivity contribution >= 4 is 18.0 Å². The van der Waals surface area contributed by atoms with E-state index < -0.39 is 5.97 Å². The molecule has 1 unspecified atom stereocenters. The molecule has 0 aromatic heterocycles. The van der Waals surface area contributed by atoms with Crippen molar-refractivity contribution in [3.63, 3.8) is 0 Å². The Bertz CT molecular complexity index is 787. The third-order valence-electron chi connectivity index (χ3n) is 5.39. The van der Waals surface area contributed by atoms with Gasteiger partial charge in [-0.2, -0.15) is 0 Å². The third-order valence-corrected chi connectivity index (χ3v) is 5.39. The Morgan fingerprint density at radius 1 is 1.33 bits per heavy atom. The second kappa shape index (κ2) is 11.5. The molecule has 2 rings (SSSR count). The molecule has 1 aliphatic heterocycles. The van der Waals surface area contributed by atoms with Crippen molar-refractivity contribution in [2.45, 2.75) is 52.9 Å². The van der Waals surface area contributed by atoms with Crippen LogP contribution in [-0.4, -0.2) is 38.2 Å². The van der Waals surface area contributed by atoms with Crippen molar-refractivity contribution in [2.75, 3.05) is 20.3 Å². The van der Waals surface area contributed by atoms with Crippen molar-refractivity contribution in [2.24, 2.45) is 16.8 Å². The summed E-state index contributed by atoms with van der Waals surface area (Å²) >= 11 is 0. The monoisotopic (exact) mass is 415 g/mol. The van der Waals surface area contributed by atoms with Gasteiger partial charge < -0.3 is 14.2 Å². The molecular formula is C24H33NO5. The quantitative estimate of drug-likeness (QED) is 0.294. The zero-order valence-corrected chi connectivity index (χ0v) is 18.5. The minimum absolute atomic E-state index is 0.0220. The molecule has 0 saturated heterocycles. The number of hydrogen-bond acceptors (Lipinski definition) is 6. The summed E-state index contributed by atoms with van der Waals surface area (Å²) in [4.78, 5) is 28.2. The first kappa shape index (κ1) is 23.6. The lowest BCUT2D eigenvalue weighted by atomic mass is 9.91. The summed E-state index contributed by atoms with van der Waals surface area (Å²) in [7, 11) is 1.64. The molecular weight excluding hydrogens is 382 g/mol. The number of rotatable bonds is 10. The van der Waals surface area contributed by atoms with Crippen molar-refractivity contribution in [1.29, 1.82) is 0 Å². The number of ether oxygens (including phenoxy) is 3. The molecule has 0 saturated carbocycles. The van der Waals surface area contributed by atoms with Crippen LogP contribution >= 0.6 is 0 Å². The standard InChI is InChI=1S/C24H33NO5/c1-6-7-20-13-22(28-5)23(29-15-19-8-10-25-11-9-19)14-21(20)30-24(27)17(3)12-16(2)18(4)26/h10,12,14,19-20H,3,6-9,11,13,15H2,1-2,4-5H3/b16-12+/t19-,20?/m1/s1. The summed E-state index contributed by atoms with van der Waals surface area (Å²) < 4.78 is 17.3. The predicted octanol–water partition coefficient (Wildman–Crippen LogP) is 4.68. The van der Waals surface area contributed by atoms with Gasteiger partial charge in [-0.05, 0) is 56.9 Å². The lowest BCUT2D eigenvalue weighted by molar-refractivity contribution is -0.135. The van der Waals surface area contributed by atoms with Crippen LogP contribution < -0.4 is 0 Å². The lowest BCUT2D eigenvalue weighted by Gasteiger charge is -2.27. The maximum Gasteiger partial charge on any atom is 0.342 e. The average Bonchev–Trinajstić information content (AvgIpc) is 2.74. The van der Waals surface area contributed by atoms with Crippen LogP contribution in [0.4, 0.5) is 0 Å². The number of carbonyl (C=O) groups excluding carboxylic acids is 2. The van der Waals surface area contributed by atoms with E-state index in [0.717, 1.165) is 38.0 Å². The van der Waals surface area contributed by atoms with E-state index in [9.17, 15) is 9.59 Å². The molecule has 1 heterocycles. The van der Waals surface area contributed by atoms with Crippen LogP contribution in [0.5, 0.6) is 0 Å². The van der Waals surface area contributed by atoms with E-state index in [0.29, 0.717) is 36.0 Å². The van der Waals surface area contributed by atoms with Gasteiger partial charge in [-0.25, -0.2) is 4.79 Å². The molecule has 6 heteroatoms. The van der Waals surface area contributed by atoms with Crippen molar-refractivity contribution in [3.8, 4) is 0 Å². The Hall–Kier alpha value is -2.63. The summed E-state index contributed by atoms with van der Waals surface area (Å²) in [5, 5.41) is 0. The molecule has 0 aromatic carbocycles. The van der Waals surface area contributed by atoms with Crippen LogP contribution in [0.1, 0.15) is 52.9 Å². The van der Waals surface area contributed by atoms with E-state index in [1.54, 1.807) is 20.1 Å². The first-order valence-electron chi connectivity index (χ1n) is 10.6. The molecule has 1 aliphatic carbocycles. The zero-order chi connectivity index (χ0) is 22.1. The Morgan fingerprint density at radius 2 is 2.10 bits per heavy atom. The first-order chi connectivity index (χ1) is 14.3. The van der Waals surface area contributed by atoms with E-state index in [-0.39, 0.29) is 17.3 Å². The SMILES string of the molecule is C=C(/C=C(\C)C(C)=O)C(=O)OC1=CC(OC[C@@H]2CC=NCC2)=C(OC)CC1CCC. The number of esters is 1. The van der Waals surface area contributed by atoms with E-state index in [4.69, 9.17) is 14.2 Å². The van der Waals surface area contributed by atoms with Gasteiger partial charge >= 0.3 is 5.97 Å². The smallest absolute Gasteiger partial charge is 0.342 e.